The molecule has 0 radical (unpaired) electrons. The average molecular weight is 416 g/mol. The lowest BCUT2D eigenvalue weighted by molar-refractivity contribution is -0.140. The summed E-state index contributed by atoms with van der Waals surface area (Å²) in [4.78, 5) is 22.3. The van der Waals surface area contributed by atoms with Gasteiger partial charge in [0, 0.05) is 12.0 Å². The number of hydrogen-bond acceptors (Lipinski definition) is 5. The Labute approximate surface area is 174 Å². The van der Waals surface area contributed by atoms with Crippen molar-refractivity contribution in [1.82, 2.24) is 0 Å². The van der Waals surface area contributed by atoms with Gasteiger partial charge in [-0.05, 0) is 40.8 Å². The van der Waals surface area contributed by atoms with Crippen molar-refractivity contribution < 1.29 is 34.0 Å². The lowest BCUT2D eigenvalue weighted by Crippen LogP contribution is -2.14. The fourth-order valence-electron chi connectivity index (χ4n) is 3.15. The van der Waals surface area contributed by atoms with Crippen LogP contribution in [-0.2, 0) is 9.59 Å². The zero-order valence-electron chi connectivity index (χ0n) is 17.1. The van der Waals surface area contributed by atoms with Crippen molar-refractivity contribution in [2.75, 3.05) is 7.11 Å². The Morgan fingerprint density at radius 2 is 1.83 bits per heavy atom. The van der Waals surface area contributed by atoms with E-state index in [0.717, 1.165) is 5.56 Å². The molecule has 0 fully saturated rings. The number of methoxy groups -OCH3 is 1. The van der Waals surface area contributed by atoms with E-state index in [0.29, 0.717) is 16.7 Å². The molecule has 3 N–H and O–H groups in total. The second kappa shape index (κ2) is 10.0. The van der Waals surface area contributed by atoms with E-state index in [4.69, 9.17) is 9.84 Å². The molecule has 0 aliphatic heterocycles. The number of Topliss-reactive ketones (excluding diaryl/α,β-unsaturated/α-hetero) is 1. The summed E-state index contributed by atoms with van der Waals surface area (Å²) in [6.45, 7) is 3.90. The number of aliphatic carboxylic acids is 1. The van der Waals surface area contributed by atoms with Crippen molar-refractivity contribution in [2.24, 2.45) is 0 Å². The maximum Gasteiger partial charge on any atom is 0.310 e. The number of benzene rings is 2. The average Bonchev–Trinajstić information content (AvgIpc) is 2.66. The molecule has 0 amide bonds. The molecule has 0 aromatic heterocycles. The second-order valence-corrected chi connectivity index (χ2v) is 7.21. The first kappa shape index (κ1) is 23.1. The number of phenolic OH excluding ortho intramolecular Hbond substituents is 1. The SMILES string of the molecule is COc1cc(C(C)C)c(C=CC(O)CC(=O)CC(=O)O)c(-c2ccc(F)cc2)c1O. The van der Waals surface area contributed by atoms with E-state index in [2.05, 4.69) is 0 Å². The highest BCUT2D eigenvalue weighted by Gasteiger charge is 2.20. The van der Waals surface area contributed by atoms with E-state index in [9.17, 15) is 24.2 Å². The van der Waals surface area contributed by atoms with Gasteiger partial charge >= 0.3 is 5.97 Å². The van der Waals surface area contributed by atoms with Crippen LogP contribution < -0.4 is 4.74 Å². The predicted octanol–water partition coefficient (Wildman–Crippen LogP) is 4.14. The number of rotatable bonds is 9. The van der Waals surface area contributed by atoms with Crippen LogP contribution in [0.1, 0.15) is 43.7 Å². The molecule has 0 aliphatic rings. The molecule has 7 heteroatoms. The topological polar surface area (TPSA) is 104 Å². The van der Waals surface area contributed by atoms with Crippen molar-refractivity contribution in [2.45, 2.75) is 38.7 Å². The van der Waals surface area contributed by atoms with Crippen LogP contribution in [-0.4, -0.2) is 40.3 Å². The van der Waals surface area contributed by atoms with Gasteiger partial charge in [-0.1, -0.05) is 38.1 Å². The fourth-order valence-corrected chi connectivity index (χ4v) is 3.15. The lowest BCUT2D eigenvalue weighted by atomic mass is 9.88. The normalized spacial score (nSPS) is 12.3. The van der Waals surface area contributed by atoms with Crippen LogP contribution in [0.5, 0.6) is 11.5 Å². The number of phenols is 1. The third-order valence-electron chi connectivity index (χ3n) is 4.58. The minimum atomic E-state index is -1.25. The first-order valence-electron chi connectivity index (χ1n) is 9.43. The summed E-state index contributed by atoms with van der Waals surface area (Å²) < 4.78 is 18.7. The number of carbonyl (C=O) groups is 2. The zero-order valence-corrected chi connectivity index (χ0v) is 17.1. The number of ether oxygens (including phenoxy) is 1. The van der Waals surface area contributed by atoms with Crippen LogP contribution in [0, 0.1) is 5.82 Å². The maximum atomic E-state index is 13.4. The molecular weight excluding hydrogens is 391 g/mol. The second-order valence-electron chi connectivity index (χ2n) is 7.21. The molecule has 0 bridgehead atoms. The molecule has 0 aliphatic carbocycles. The quantitative estimate of drug-likeness (QED) is 0.531. The Morgan fingerprint density at radius 3 is 2.37 bits per heavy atom. The molecule has 160 valence electrons. The maximum absolute atomic E-state index is 13.4. The Morgan fingerprint density at radius 1 is 1.20 bits per heavy atom. The number of aliphatic hydroxyl groups is 1. The monoisotopic (exact) mass is 416 g/mol. The summed E-state index contributed by atoms with van der Waals surface area (Å²) in [5.74, 6) is -2.13. The van der Waals surface area contributed by atoms with Gasteiger partial charge in [0.05, 0.1) is 13.2 Å². The van der Waals surface area contributed by atoms with Crippen molar-refractivity contribution >= 4 is 17.8 Å². The van der Waals surface area contributed by atoms with Crippen molar-refractivity contribution in [3.05, 3.63) is 53.4 Å². The number of carboxylic acids is 1. The number of halogens is 1. The van der Waals surface area contributed by atoms with Gasteiger partial charge in [-0.2, -0.15) is 0 Å². The molecule has 0 heterocycles. The summed E-state index contributed by atoms with van der Waals surface area (Å²) in [7, 11) is 1.43. The summed E-state index contributed by atoms with van der Waals surface area (Å²) in [6.07, 6.45) is 0.758. The summed E-state index contributed by atoms with van der Waals surface area (Å²) >= 11 is 0. The van der Waals surface area contributed by atoms with Crippen LogP contribution in [0.25, 0.3) is 17.2 Å². The molecule has 0 saturated carbocycles. The minimum Gasteiger partial charge on any atom is -0.504 e. The Balaban J connectivity index is 2.55. The van der Waals surface area contributed by atoms with Gasteiger partial charge < -0.3 is 20.1 Å². The standard InChI is InChI=1S/C23H25FO6/c1-13(2)19-12-20(30-3)23(29)22(14-4-6-15(24)7-5-14)18(19)9-8-16(25)10-17(26)11-21(27)28/h4-9,12-13,16,25,29H,10-11H2,1-3H3,(H,27,28). The van der Waals surface area contributed by atoms with Gasteiger partial charge in [0.15, 0.2) is 11.5 Å². The number of ketones is 1. The van der Waals surface area contributed by atoms with Gasteiger partial charge in [-0.15, -0.1) is 0 Å². The van der Waals surface area contributed by atoms with Crippen molar-refractivity contribution in [1.29, 1.82) is 0 Å². The number of carbonyl (C=O) groups excluding carboxylic acids is 1. The summed E-state index contributed by atoms with van der Waals surface area (Å²) in [5, 5.41) is 29.6. The first-order chi connectivity index (χ1) is 14.1. The molecule has 30 heavy (non-hydrogen) atoms. The van der Waals surface area contributed by atoms with Gasteiger partial charge in [0.25, 0.3) is 0 Å². The highest BCUT2D eigenvalue weighted by atomic mass is 19.1. The molecule has 2 rings (SSSR count). The Kier molecular flexibility index (Phi) is 7.72. The smallest absolute Gasteiger partial charge is 0.310 e. The Bertz CT molecular complexity index is 947. The summed E-state index contributed by atoms with van der Waals surface area (Å²) in [5.41, 5.74) is 2.34. The number of hydrogen-bond donors (Lipinski definition) is 3. The zero-order chi connectivity index (χ0) is 22.4. The highest BCUT2D eigenvalue weighted by molar-refractivity contribution is 5.95. The van der Waals surface area contributed by atoms with Gasteiger partial charge in [-0.3, -0.25) is 9.59 Å². The third-order valence-corrected chi connectivity index (χ3v) is 4.58. The van der Waals surface area contributed by atoms with E-state index >= 15 is 0 Å². The van der Waals surface area contributed by atoms with E-state index in [1.165, 1.54) is 37.5 Å². The molecule has 1 unspecified atom stereocenters. The largest absolute Gasteiger partial charge is 0.504 e. The van der Waals surface area contributed by atoms with E-state index in [-0.39, 0.29) is 23.8 Å². The van der Waals surface area contributed by atoms with E-state index < -0.39 is 30.1 Å². The van der Waals surface area contributed by atoms with Crippen LogP contribution in [0.15, 0.2) is 36.4 Å². The number of aromatic hydroxyl groups is 1. The minimum absolute atomic E-state index is 0.0177. The molecule has 0 saturated heterocycles. The third kappa shape index (κ3) is 5.67. The van der Waals surface area contributed by atoms with Crippen LogP contribution in [0.3, 0.4) is 0 Å². The Hall–Kier alpha value is -3.19. The van der Waals surface area contributed by atoms with Crippen LogP contribution in [0.2, 0.25) is 0 Å². The highest BCUT2D eigenvalue weighted by Crippen LogP contribution is 2.44. The van der Waals surface area contributed by atoms with Crippen LogP contribution in [0.4, 0.5) is 4.39 Å². The fraction of sp³-hybridized carbons (Fsp3) is 0.304. The van der Waals surface area contributed by atoms with Gasteiger partial charge in [0.2, 0.25) is 0 Å². The van der Waals surface area contributed by atoms with Crippen molar-refractivity contribution in [3.8, 4) is 22.6 Å². The number of carboxylic acid groups (broad SMARTS) is 1. The molecule has 2 aromatic carbocycles. The summed E-state index contributed by atoms with van der Waals surface area (Å²) in [6, 6.07) is 7.29. The first-order valence-corrected chi connectivity index (χ1v) is 9.43. The predicted molar refractivity (Wildman–Crippen MR) is 111 cm³/mol. The van der Waals surface area contributed by atoms with E-state index in [1.54, 1.807) is 12.1 Å². The number of aliphatic hydroxyl groups excluding tert-OH is 1. The van der Waals surface area contributed by atoms with Gasteiger partial charge in [0.1, 0.15) is 18.0 Å². The molecule has 6 nitrogen and oxygen atoms in total. The van der Waals surface area contributed by atoms with Crippen molar-refractivity contribution in [3.63, 3.8) is 0 Å². The molecule has 2 aromatic rings. The molecular formula is C23H25FO6. The molecule has 1 atom stereocenters. The van der Waals surface area contributed by atoms with Gasteiger partial charge in [-0.25, -0.2) is 4.39 Å². The lowest BCUT2D eigenvalue weighted by Gasteiger charge is -2.19. The van der Waals surface area contributed by atoms with Crippen LogP contribution >= 0.6 is 0 Å². The molecule has 0 spiro atoms. The van der Waals surface area contributed by atoms with E-state index in [1.807, 2.05) is 13.8 Å².